The highest BCUT2D eigenvalue weighted by molar-refractivity contribution is 7.98. The molecule has 0 radical (unpaired) electrons. The largest absolute Gasteiger partial charge is 0.420 e. The van der Waals surface area contributed by atoms with Crippen LogP contribution in [0.4, 0.5) is 0 Å². The zero-order valence-electron chi connectivity index (χ0n) is 17.8. The monoisotopic (exact) mass is 446 g/mol. The third-order valence-corrected chi connectivity index (χ3v) is 6.13. The van der Waals surface area contributed by atoms with Crippen molar-refractivity contribution in [3.05, 3.63) is 70.8 Å². The minimum Gasteiger partial charge on any atom is -0.420 e. The van der Waals surface area contributed by atoms with Crippen molar-refractivity contribution in [2.24, 2.45) is 5.92 Å². The van der Waals surface area contributed by atoms with E-state index in [1.54, 1.807) is 4.57 Å². The molecule has 32 heavy (non-hydrogen) atoms. The standard InChI is InChI=1S/C23H22N6O2S/c1-15(2)12-13-28-21(30)17-10-6-7-11-18(17)29-22(28)26-27-23(29)32-14-19-24-25-20(31-19)16-8-4-3-5-9-16/h3-11,15H,12-14H2,1-2H3. The average Bonchev–Trinajstić information content (AvgIpc) is 3.45. The fraction of sp³-hybridized carbons (Fsp3) is 0.261. The van der Waals surface area contributed by atoms with Crippen molar-refractivity contribution in [3.63, 3.8) is 0 Å². The molecule has 0 saturated carbocycles. The maximum absolute atomic E-state index is 13.1. The lowest BCUT2D eigenvalue weighted by Gasteiger charge is -2.12. The second-order valence-corrected chi connectivity index (χ2v) is 8.87. The number of aryl methyl sites for hydroxylation is 1. The summed E-state index contributed by atoms with van der Waals surface area (Å²) in [5, 5.41) is 18.4. The van der Waals surface area contributed by atoms with Crippen molar-refractivity contribution in [2.75, 3.05) is 0 Å². The van der Waals surface area contributed by atoms with Crippen molar-refractivity contribution < 1.29 is 4.42 Å². The van der Waals surface area contributed by atoms with Gasteiger partial charge in [0.15, 0.2) is 5.16 Å². The molecule has 5 aromatic rings. The third kappa shape index (κ3) is 3.80. The van der Waals surface area contributed by atoms with Gasteiger partial charge in [-0.15, -0.1) is 20.4 Å². The maximum atomic E-state index is 13.1. The molecule has 2 aromatic carbocycles. The lowest BCUT2D eigenvalue weighted by molar-refractivity contribution is 0.512. The molecule has 0 unspecified atom stereocenters. The average molecular weight is 447 g/mol. The van der Waals surface area contributed by atoms with Gasteiger partial charge in [0.25, 0.3) is 5.56 Å². The van der Waals surface area contributed by atoms with Gasteiger partial charge in [0.2, 0.25) is 17.6 Å². The minimum atomic E-state index is -0.0397. The summed E-state index contributed by atoms with van der Waals surface area (Å²) in [6, 6.07) is 17.2. The Morgan fingerprint density at radius 2 is 1.75 bits per heavy atom. The van der Waals surface area contributed by atoms with Crippen LogP contribution in [-0.4, -0.2) is 29.4 Å². The molecule has 9 heteroatoms. The lowest BCUT2D eigenvalue weighted by Crippen LogP contribution is -2.24. The fourth-order valence-corrected chi connectivity index (χ4v) is 4.33. The quantitative estimate of drug-likeness (QED) is 0.342. The van der Waals surface area contributed by atoms with Crippen LogP contribution >= 0.6 is 11.8 Å². The van der Waals surface area contributed by atoms with Crippen molar-refractivity contribution in [2.45, 2.75) is 37.7 Å². The van der Waals surface area contributed by atoms with Gasteiger partial charge in [0.05, 0.1) is 16.7 Å². The number of rotatable bonds is 7. The van der Waals surface area contributed by atoms with Crippen LogP contribution in [0.2, 0.25) is 0 Å². The number of hydrogen-bond acceptors (Lipinski definition) is 7. The highest BCUT2D eigenvalue weighted by Gasteiger charge is 2.18. The van der Waals surface area contributed by atoms with E-state index in [9.17, 15) is 4.79 Å². The van der Waals surface area contributed by atoms with Gasteiger partial charge in [-0.25, -0.2) is 0 Å². The Labute approximate surface area is 188 Å². The Morgan fingerprint density at radius 3 is 2.56 bits per heavy atom. The Morgan fingerprint density at radius 1 is 0.969 bits per heavy atom. The van der Waals surface area contributed by atoms with E-state index in [2.05, 4.69) is 34.2 Å². The van der Waals surface area contributed by atoms with Gasteiger partial charge in [0.1, 0.15) is 0 Å². The number of thioether (sulfide) groups is 1. The van der Waals surface area contributed by atoms with Gasteiger partial charge in [-0.05, 0) is 36.6 Å². The first-order valence-electron chi connectivity index (χ1n) is 10.5. The van der Waals surface area contributed by atoms with Gasteiger partial charge in [-0.2, -0.15) is 0 Å². The summed E-state index contributed by atoms with van der Waals surface area (Å²) >= 11 is 1.45. The number of hydrogen-bond donors (Lipinski definition) is 0. The van der Waals surface area contributed by atoms with E-state index in [1.165, 1.54) is 11.8 Å². The molecule has 3 aromatic heterocycles. The van der Waals surface area contributed by atoms with Gasteiger partial charge < -0.3 is 4.42 Å². The molecule has 162 valence electrons. The highest BCUT2D eigenvalue weighted by Crippen LogP contribution is 2.26. The molecule has 0 atom stereocenters. The second-order valence-electron chi connectivity index (χ2n) is 7.93. The summed E-state index contributed by atoms with van der Waals surface area (Å²) < 4.78 is 9.48. The molecule has 0 fully saturated rings. The van der Waals surface area contributed by atoms with E-state index in [0.717, 1.165) is 17.5 Å². The topological polar surface area (TPSA) is 91.1 Å². The van der Waals surface area contributed by atoms with Crippen LogP contribution in [0, 0.1) is 5.92 Å². The molecule has 0 N–H and O–H groups in total. The zero-order valence-corrected chi connectivity index (χ0v) is 18.6. The van der Waals surface area contributed by atoms with E-state index < -0.39 is 0 Å². The first kappa shape index (κ1) is 20.4. The molecule has 0 aliphatic heterocycles. The Hall–Kier alpha value is -3.46. The third-order valence-electron chi connectivity index (χ3n) is 5.22. The zero-order chi connectivity index (χ0) is 22.1. The molecule has 5 rings (SSSR count). The highest BCUT2D eigenvalue weighted by atomic mass is 32.2. The van der Waals surface area contributed by atoms with Crippen molar-refractivity contribution in [1.82, 2.24) is 29.4 Å². The summed E-state index contributed by atoms with van der Waals surface area (Å²) in [4.78, 5) is 13.1. The molecule has 0 amide bonds. The molecule has 8 nitrogen and oxygen atoms in total. The van der Waals surface area contributed by atoms with Crippen LogP contribution in [0.15, 0.2) is 69.0 Å². The number of aromatic nitrogens is 6. The van der Waals surface area contributed by atoms with E-state index in [4.69, 9.17) is 4.42 Å². The summed E-state index contributed by atoms with van der Waals surface area (Å²) in [5.41, 5.74) is 1.63. The summed E-state index contributed by atoms with van der Waals surface area (Å²) in [5.74, 6) is 2.46. The maximum Gasteiger partial charge on any atom is 0.262 e. The Balaban J connectivity index is 1.50. The molecule has 0 spiro atoms. The number of fused-ring (bicyclic) bond motifs is 3. The minimum absolute atomic E-state index is 0.0397. The van der Waals surface area contributed by atoms with E-state index in [0.29, 0.717) is 46.3 Å². The second kappa shape index (κ2) is 8.58. The van der Waals surface area contributed by atoms with Crippen molar-refractivity contribution in [1.29, 1.82) is 0 Å². The first-order valence-corrected chi connectivity index (χ1v) is 11.5. The van der Waals surface area contributed by atoms with E-state index in [1.807, 2.05) is 59.0 Å². The molecule has 0 aliphatic carbocycles. The molecule has 0 bridgehead atoms. The van der Waals surface area contributed by atoms with Gasteiger partial charge in [-0.3, -0.25) is 13.8 Å². The predicted octanol–water partition coefficient (Wildman–Crippen LogP) is 4.43. The van der Waals surface area contributed by atoms with Crippen LogP contribution in [-0.2, 0) is 12.3 Å². The van der Waals surface area contributed by atoms with Gasteiger partial charge >= 0.3 is 0 Å². The summed E-state index contributed by atoms with van der Waals surface area (Å²) in [6.07, 6.45) is 0.882. The Bertz CT molecular complexity index is 1440. The van der Waals surface area contributed by atoms with Crippen LogP contribution < -0.4 is 5.56 Å². The predicted molar refractivity (Wildman–Crippen MR) is 124 cm³/mol. The SMILES string of the molecule is CC(C)CCn1c(=O)c2ccccc2n2c(SCc3nnc(-c4ccccc4)o3)nnc12. The van der Waals surface area contributed by atoms with Crippen LogP contribution in [0.5, 0.6) is 0 Å². The normalized spacial score (nSPS) is 11.7. The fourth-order valence-electron chi connectivity index (χ4n) is 3.55. The lowest BCUT2D eigenvalue weighted by atomic mass is 10.1. The van der Waals surface area contributed by atoms with Crippen LogP contribution in [0.1, 0.15) is 26.2 Å². The Kier molecular flexibility index (Phi) is 5.48. The number of para-hydroxylation sites is 1. The van der Waals surface area contributed by atoms with Crippen molar-refractivity contribution in [3.8, 4) is 11.5 Å². The van der Waals surface area contributed by atoms with Crippen molar-refractivity contribution >= 4 is 28.4 Å². The smallest absolute Gasteiger partial charge is 0.262 e. The molecule has 3 heterocycles. The van der Waals surface area contributed by atoms with E-state index >= 15 is 0 Å². The molecule has 0 saturated heterocycles. The van der Waals surface area contributed by atoms with Gasteiger partial charge in [-0.1, -0.05) is 55.9 Å². The summed E-state index contributed by atoms with van der Waals surface area (Å²) in [6.45, 7) is 4.88. The summed E-state index contributed by atoms with van der Waals surface area (Å²) in [7, 11) is 0. The van der Waals surface area contributed by atoms with Gasteiger partial charge in [0, 0.05) is 12.1 Å². The van der Waals surface area contributed by atoms with E-state index in [-0.39, 0.29) is 5.56 Å². The number of nitrogens with zero attached hydrogens (tertiary/aromatic N) is 6. The molecular weight excluding hydrogens is 424 g/mol. The van der Waals surface area contributed by atoms with Crippen LogP contribution in [0.25, 0.3) is 28.1 Å². The molecule has 0 aliphatic rings. The number of benzene rings is 2. The molecular formula is C23H22N6O2S. The van der Waals surface area contributed by atoms with Crippen LogP contribution in [0.3, 0.4) is 0 Å². The first-order chi connectivity index (χ1) is 15.6.